The fourth-order valence-electron chi connectivity index (χ4n) is 5.07. The van der Waals surface area contributed by atoms with E-state index in [1.54, 1.807) is 19.5 Å². The molecule has 3 aromatic heterocycles. The Morgan fingerprint density at radius 1 is 1.12 bits per heavy atom. The number of rotatable bonds is 8. The first-order valence-electron chi connectivity index (χ1n) is 14.1. The van der Waals surface area contributed by atoms with Gasteiger partial charge >= 0.3 is 6.09 Å². The highest BCUT2D eigenvalue weighted by atomic mass is 16.6. The van der Waals surface area contributed by atoms with Crippen molar-refractivity contribution in [2.75, 3.05) is 31.6 Å². The van der Waals surface area contributed by atoms with E-state index in [2.05, 4.69) is 35.5 Å². The topological polar surface area (TPSA) is 124 Å². The highest BCUT2D eigenvalue weighted by Crippen LogP contribution is 2.31. The average molecular weight is 550 g/mol. The maximum absolute atomic E-state index is 13.2. The van der Waals surface area contributed by atoms with Crippen molar-refractivity contribution >= 4 is 11.9 Å². The third kappa shape index (κ3) is 6.48. The summed E-state index contributed by atoms with van der Waals surface area (Å²) < 4.78 is 11.0. The van der Waals surface area contributed by atoms with Crippen LogP contribution < -0.4 is 9.64 Å². The first kappa shape index (κ1) is 27.7. The van der Waals surface area contributed by atoms with Crippen molar-refractivity contribution in [1.29, 1.82) is 0 Å². The van der Waals surface area contributed by atoms with E-state index in [0.29, 0.717) is 24.0 Å². The number of tetrazole rings is 1. The summed E-state index contributed by atoms with van der Waals surface area (Å²) >= 11 is 0. The zero-order valence-electron chi connectivity index (χ0n) is 24.0. The Hall–Kier alpha value is -3.83. The minimum atomic E-state index is -0.522. The molecule has 4 heterocycles. The van der Waals surface area contributed by atoms with Crippen molar-refractivity contribution in [2.45, 2.75) is 77.5 Å². The second kappa shape index (κ2) is 11.7. The molecule has 1 saturated carbocycles. The maximum Gasteiger partial charge on any atom is 0.410 e. The third-order valence-electron chi connectivity index (χ3n) is 7.55. The fraction of sp³-hybridized carbons (Fsp3) is 0.607. The minimum absolute atomic E-state index is 0.0773. The first-order chi connectivity index (χ1) is 19.2. The average Bonchev–Trinajstić information content (AvgIpc) is 3.42. The van der Waals surface area contributed by atoms with Crippen molar-refractivity contribution in [1.82, 2.24) is 40.3 Å². The lowest BCUT2D eigenvalue weighted by molar-refractivity contribution is 0.00733. The van der Waals surface area contributed by atoms with Crippen molar-refractivity contribution in [3.05, 3.63) is 36.3 Å². The molecule has 1 aliphatic heterocycles. The van der Waals surface area contributed by atoms with E-state index in [1.807, 2.05) is 50.8 Å². The van der Waals surface area contributed by atoms with Crippen molar-refractivity contribution in [3.63, 3.8) is 0 Å². The van der Waals surface area contributed by atoms with Gasteiger partial charge in [-0.2, -0.15) is 9.90 Å². The van der Waals surface area contributed by atoms with Gasteiger partial charge in [0.1, 0.15) is 17.4 Å². The molecule has 2 aliphatic rings. The molecule has 1 amide bonds. The van der Waals surface area contributed by atoms with Gasteiger partial charge in [-0.15, -0.1) is 15.3 Å². The largest absolute Gasteiger partial charge is 0.495 e. The summed E-state index contributed by atoms with van der Waals surface area (Å²) in [6.45, 7) is 10.0. The Labute approximate surface area is 235 Å². The number of nitrogens with zero attached hydrogens (tertiary/aromatic N) is 9. The lowest BCUT2D eigenvalue weighted by Gasteiger charge is -2.42. The molecule has 3 aromatic rings. The van der Waals surface area contributed by atoms with E-state index in [0.717, 1.165) is 43.0 Å². The number of anilines is 1. The molecule has 40 heavy (non-hydrogen) atoms. The quantitative estimate of drug-likeness (QED) is 0.405. The number of carbonyl (C=O) groups excluding carboxylic acids is 1. The molecule has 2 atom stereocenters. The van der Waals surface area contributed by atoms with Gasteiger partial charge in [0.05, 0.1) is 25.0 Å². The number of methoxy groups -OCH3 is 1. The predicted octanol–water partition coefficient (Wildman–Crippen LogP) is 4.15. The molecule has 12 heteroatoms. The van der Waals surface area contributed by atoms with Crippen LogP contribution in [0.3, 0.4) is 0 Å². The van der Waals surface area contributed by atoms with Gasteiger partial charge in [0.2, 0.25) is 5.82 Å². The monoisotopic (exact) mass is 549 g/mol. The standard InChI is InChI=1S/C28H39N9O3/c1-19(37-33-26(32-34-37)21-14-23(39-5)16-29-15-21)24-11-12-25(31-30-24)35-13-7-10-22(18-35)36(17-20-8-6-9-20)27(38)40-28(2,3)4/h11-12,14-16,19-20,22H,6-10,13,17-18H2,1-5H3/t19?,22-/m1/s1. The number of amides is 1. The van der Waals surface area contributed by atoms with Gasteiger partial charge in [-0.05, 0) is 82.7 Å². The second-order valence-electron chi connectivity index (χ2n) is 11.7. The number of pyridine rings is 1. The van der Waals surface area contributed by atoms with E-state index in [9.17, 15) is 4.79 Å². The molecule has 0 spiro atoms. The molecule has 1 saturated heterocycles. The molecule has 0 radical (unpaired) electrons. The molecular weight excluding hydrogens is 510 g/mol. The van der Waals surface area contributed by atoms with Gasteiger partial charge in [0, 0.05) is 31.4 Å². The SMILES string of the molecule is COc1cncc(-c2nnn(C(C)c3ccc(N4CCC[C@@H](N(CC5CCC5)C(=O)OC(C)(C)C)C4)nn3)n2)c1. The number of ether oxygens (including phenoxy) is 2. The fourth-order valence-corrected chi connectivity index (χ4v) is 5.07. The summed E-state index contributed by atoms with van der Waals surface area (Å²) in [4.78, 5) is 23.1. The zero-order chi connectivity index (χ0) is 28.3. The van der Waals surface area contributed by atoms with Crippen LogP contribution >= 0.6 is 0 Å². The van der Waals surface area contributed by atoms with Crippen LogP contribution in [0, 0.1) is 5.92 Å². The molecular formula is C28H39N9O3. The summed E-state index contributed by atoms with van der Waals surface area (Å²) in [5, 5.41) is 22.0. The Balaban J connectivity index is 1.26. The van der Waals surface area contributed by atoms with Crippen LogP contribution in [0.2, 0.25) is 0 Å². The molecule has 214 valence electrons. The van der Waals surface area contributed by atoms with Crippen molar-refractivity contribution in [2.24, 2.45) is 5.92 Å². The van der Waals surface area contributed by atoms with E-state index in [-0.39, 0.29) is 18.2 Å². The molecule has 0 bridgehead atoms. The number of hydrogen-bond acceptors (Lipinski definition) is 10. The molecule has 0 aromatic carbocycles. The van der Waals surface area contributed by atoms with Gasteiger partial charge in [-0.25, -0.2) is 4.79 Å². The van der Waals surface area contributed by atoms with Gasteiger partial charge in [-0.1, -0.05) is 6.42 Å². The smallest absolute Gasteiger partial charge is 0.410 e. The van der Waals surface area contributed by atoms with Crippen LogP contribution in [-0.2, 0) is 4.74 Å². The Morgan fingerprint density at radius 2 is 1.95 bits per heavy atom. The first-order valence-corrected chi connectivity index (χ1v) is 14.1. The summed E-state index contributed by atoms with van der Waals surface area (Å²) in [5.74, 6) is 2.44. The molecule has 1 unspecified atom stereocenters. The lowest BCUT2D eigenvalue weighted by Crippen LogP contribution is -2.53. The summed E-state index contributed by atoms with van der Waals surface area (Å²) in [7, 11) is 1.59. The molecule has 5 rings (SSSR count). The molecule has 1 aliphatic carbocycles. The maximum atomic E-state index is 13.2. The Kier molecular flexibility index (Phi) is 8.13. The summed E-state index contributed by atoms with van der Waals surface area (Å²) in [6, 6.07) is 5.56. The third-order valence-corrected chi connectivity index (χ3v) is 7.55. The summed E-state index contributed by atoms with van der Waals surface area (Å²) in [5.41, 5.74) is 0.924. The van der Waals surface area contributed by atoms with Crippen LogP contribution in [0.15, 0.2) is 30.6 Å². The highest BCUT2D eigenvalue weighted by Gasteiger charge is 2.35. The van der Waals surface area contributed by atoms with Crippen molar-refractivity contribution < 1.29 is 14.3 Å². The zero-order valence-corrected chi connectivity index (χ0v) is 24.0. The number of aromatic nitrogens is 7. The normalized spacial score (nSPS) is 18.6. The van der Waals surface area contributed by atoms with Gasteiger partial charge in [0.15, 0.2) is 5.82 Å². The number of carbonyl (C=O) groups is 1. The molecule has 12 nitrogen and oxygen atoms in total. The lowest BCUT2D eigenvalue weighted by atomic mass is 9.84. The van der Waals surface area contributed by atoms with E-state index >= 15 is 0 Å². The van der Waals surface area contributed by atoms with Gasteiger partial charge in [0.25, 0.3) is 0 Å². The second-order valence-corrected chi connectivity index (χ2v) is 11.7. The molecule has 0 N–H and O–H groups in total. The van der Waals surface area contributed by atoms with E-state index < -0.39 is 5.60 Å². The predicted molar refractivity (Wildman–Crippen MR) is 149 cm³/mol. The van der Waals surface area contributed by atoms with Gasteiger partial charge < -0.3 is 19.3 Å². The Morgan fingerprint density at radius 3 is 2.62 bits per heavy atom. The minimum Gasteiger partial charge on any atom is -0.495 e. The van der Waals surface area contributed by atoms with E-state index in [1.165, 1.54) is 24.1 Å². The number of hydrogen-bond donors (Lipinski definition) is 0. The molecule has 2 fully saturated rings. The number of piperidine rings is 1. The highest BCUT2D eigenvalue weighted by molar-refractivity contribution is 5.69. The Bertz CT molecular complexity index is 1290. The van der Waals surface area contributed by atoms with Crippen LogP contribution in [-0.4, -0.2) is 84.8 Å². The van der Waals surface area contributed by atoms with Crippen LogP contribution in [0.5, 0.6) is 5.75 Å². The van der Waals surface area contributed by atoms with E-state index in [4.69, 9.17) is 9.47 Å². The van der Waals surface area contributed by atoms with Gasteiger partial charge in [-0.3, -0.25) is 4.98 Å². The van der Waals surface area contributed by atoms with Crippen LogP contribution in [0.4, 0.5) is 10.6 Å². The van der Waals surface area contributed by atoms with Crippen LogP contribution in [0.25, 0.3) is 11.4 Å². The summed E-state index contributed by atoms with van der Waals surface area (Å²) in [6.07, 6.45) is 8.61. The van der Waals surface area contributed by atoms with Crippen molar-refractivity contribution in [3.8, 4) is 17.1 Å². The van der Waals surface area contributed by atoms with Crippen LogP contribution in [0.1, 0.15) is 71.5 Å².